The highest BCUT2D eigenvalue weighted by Gasteiger charge is 2.04. The molecule has 4 nitrogen and oxygen atoms in total. The van der Waals surface area contributed by atoms with Crippen molar-refractivity contribution in [1.82, 2.24) is 5.32 Å². The van der Waals surface area contributed by atoms with Crippen LogP contribution >= 0.6 is 15.9 Å². The summed E-state index contributed by atoms with van der Waals surface area (Å²) in [6.45, 7) is 4.98. The summed E-state index contributed by atoms with van der Waals surface area (Å²) in [6.07, 6.45) is 0.425. The average Bonchev–Trinajstić information content (AvgIpc) is 2.40. The molecule has 1 atom stereocenters. The number of hydrogen-bond acceptors (Lipinski definition) is 4. The predicted molar refractivity (Wildman–Crippen MR) is 75.5 cm³/mol. The van der Waals surface area contributed by atoms with Gasteiger partial charge in [0.1, 0.15) is 0 Å². The molecule has 102 valence electrons. The van der Waals surface area contributed by atoms with Crippen LogP contribution in [-0.2, 0) is 4.74 Å². The molecule has 0 aliphatic carbocycles. The van der Waals surface area contributed by atoms with E-state index in [-0.39, 0.29) is 0 Å². The molecule has 0 amide bonds. The van der Waals surface area contributed by atoms with Crippen LogP contribution in [0.25, 0.3) is 0 Å². The predicted octanol–water partition coefficient (Wildman–Crippen LogP) is 2.46. The van der Waals surface area contributed by atoms with Crippen molar-refractivity contribution in [2.45, 2.75) is 13.0 Å². The van der Waals surface area contributed by atoms with E-state index in [4.69, 9.17) is 14.2 Å². The van der Waals surface area contributed by atoms with Gasteiger partial charge in [0, 0.05) is 17.6 Å². The maximum Gasteiger partial charge on any atom is 0.161 e. The zero-order valence-electron chi connectivity index (χ0n) is 11.0. The number of benzene rings is 1. The largest absolute Gasteiger partial charge is 0.493 e. The second kappa shape index (κ2) is 8.34. The molecule has 2 rings (SSSR count). The van der Waals surface area contributed by atoms with E-state index >= 15 is 0 Å². The first-order valence-electron chi connectivity index (χ1n) is 5.87. The van der Waals surface area contributed by atoms with Crippen LogP contribution in [0.5, 0.6) is 11.5 Å². The highest BCUT2D eigenvalue weighted by Crippen LogP contribution is 2.29. The molecule has 1 aliphatic rings. The second-order valence-electron chi connectivity index (χ2n) is 3.88. The van der Waals surface area contributed by atoms with Crippen molar-refractivity contribution in [2.75, 3.05) is 33.9 Å². The van der Waals surface area contributed by atoms with Gasteiger partial charge in [0.25, 0.3) is 0 Å². The van der Waals surface area contributed by atoms with Gasteiger partial charge in [0.15, 0.2) is 11.5 Å². The molecule has 0 radical (unpaired) electrons. The van der Waals surface area contributed by atoms with Crippen LogP contribution in [0.1, 0.15) is 6.92 Å². The Hall–Kier alpha value is -0.780. The molecule has 1 fully saturated rings. The summed E-state index contributed by atoms with van der Waals surface area (Å²) in [5, 5.41) is 3.21. The van der Waals surface area contributed by atoms with Crippen molar-refractivity contribution in [1.29, 1.82) is 0 Å². The number of hydrogen-bond donors (Lipinski definition) is 1. The number of halogens is 1. The third-order valence-electron chi connectivity index (χ3n) is 2.46. The Morgan fingerprint density at radius 3 is 2.44 bits per heavy atom. The number of ether oxygens (including phenoxy) is 3. The normalized spacial score (nSPS) is 18.6. The highest BCUT2D eigenvalue weighted by molar-refractivity contribution is 9.10. The number of rotatable bonds is 2. The van der Waals surface area contributed by atoms with E-state index in [0.717, 1.165) is 35.7 Å². The van der Waals surface area contributed by atoms with Gasteiger partial charge in [0.2, 0.25) is 0 Å². The first kappa shape index (κ1) is 15.3. The van der Waals surface area contributed by atoms with E-state index in [9.17, 15) is 0 Å². The van der Waals surface area contributed by atoms with Crippen LogP contribution in [-0.4, -0.2) is 40.0 Å². The van der Waals surface area contributed by atoms with Crippen LogP contribution < -0.4 is 14.8 Å². The fourth-order valence-corrected chi connectivity index (χ4v) is 1.85. The summed E-state index contributed by atoms with van der Waals surface area (Å²) >= 11 is 3.33. The minimum atomic E-state index is 0.425. The van der Waals surface area contributed by atoms with Crippen molar-refractivity contribution in [2.24, 2.45) is 0 Å². The van der Waals surface area contributed by atoms with Crippen LogP contribution in [0.4, 0.5) is 0 Å². The topological polar surface area (TPSA) is 39.7 Å². The third-order valence-corrected chi connectivity index (χ3v) is 2.95. The minimum Gasteiger partial charge on any atom is -0.493 e. The number of morpholine rings is 1. The molecule has 0 spiro atoms. The molecule has 1 saturated heterocycles. The molecule has 18 heavy (non-hydrogen) atoms. The lowest BCUT2D eigenvalue weighted by atomic mass is 10.3. The van der Waals surface area contributed by atoms with Gasteiger partial charge in [-0.2, -0.15) is 0 Å². The van der Waals surface area contributed by atoms with Crippen LogP contribution in [0.3, 0.4) is 0 Å². The maximum absolute atomic E-state index is 5.22. The van der Waals surface area contributed by atoms with E-state index < -0.39 is 0 Å². The van der Waals surface area contributed by atoms with Crippen LogP contribution in [0, 0.1) is 0 Å². The van der Waals surface area contributed by atoms with Gasteiger partial charge in [-0.25, -0.2) is 0 Å². The van der Waals surface area contributed by atoms with Crippen molar-refractivity contribution >= 4 is 15.9 Å². The monoisotopic (exact) mass is 317 g/mol. The van der Waals surface area contributed by atoms with Crippen molar-refractivity contribution in [3.63, 3.8) is 0 Å². The zero-order chi connectivity index (χ0) is 13.4. The molecule has 0 saturated carbocycles. The molecule has 1 aliphatic heterocycles. The van der Waals surface area contributed by atoms with Gasteiger partial charge in [-0.05, 0) is 25.1 Å². The lowest BCUT2D eigenvalue weighted by molar-refractivity contribution is 0.0410. The van der Waals surface area contributed by atoms with Gasteiger partial charge in [-0.15, -0.1) is 0 Å². The van der Waals surface area contributed by atoms with E-state index in [2.05, 4.69) is 28.2 Å². The SMILES string of the molecule is CC1CNCCO1.COc1ccc(Br)cc1OC. The lowest BCUT2D eigenvalue weighted by Gasteiger charge is -2.18. The van der Waals surface area contributed by atoms with Crippen molar-refractivity contribution in [3.05, 3.63) is 22.7 Å². The van der Waals surface area contributed by atoms with E-state index in [1.54, 1.807) is 14.2 Å². The van der Waals surface area contributed by atoms with E-state index in [1.165, 1.54) is 0 Å². The Kier molecular flexibility index (Phi) is 7.08. The van der Waals surface area contributed by atoms with E-state index in [0.29, 0.717) is 6.10 Å². The smallest absolute Gasteiger partial charge is 0.161 e. The number of nitrogens with one attached hydrogen (secondary N) is 1. The Labute approximate surface area is 117 Å². The summed E-state index contributed by atoms with van der Waals surface area (Å²) in [6, 6.07) is 5.61. The van der Waals surface area contributed by atoms with E-state index in [1.807, 2.05) is 18.2 Å². The average molecular weight is 318 g/mol. The van der Waals surface area contributed by atoms with Gasteiger partial charge in [0.05, 0.1) is 26.9 Å². The molecule has 1 N–H and O–H groups in total. The zero-order valence-corrected chi connectivity index (χ0v) is 12.6. The molecule has 1 unspecified atom stereocenters. The summed E-state index contributed by atoms with van der Waals surface area (Å²) < 4.78 is 16.3. The van der Waals surface area contributed by atoms with Crippen molar-refractivity contribution < 1.29 is 14.2 Å². The second-order valence-corrected chi connectivity index (χ2v) is 4.80. The fourth-order valence-electron chi connectivity index (χ4n) is 1.51. The first-order valence-corrected chi connectivity index (χ1v) is 6.66. The quantitative estimate of drug-likeness (QED) is 0.909. The number of methoxy groups -OCH3 is 2. The maximum atomic E-state index is 5.22. The summed E-state index contributed by atoms with van der Waals surface area (Å²) in [5.74, 6) is 1.48. The Bertz CT molecular complexity index is 354. The summed E-state index contributed by atoms with van der Waals surface area (Å²) in [4.78, 5) is 0. The summed E-state index contributed by atoms with van der Waals surface area (Å²) in [5.41, 5.74) is 0. The molecule has 0 aromatic heterocycles. The third kappa shape index (κ3) is 5.25. The summed E-state index contributed by atoms with van der Waals surface area (Å²) in [7, 11) is 3.23. The highest BCUT2D eigenvalue weighted by atomic mass is 79.9. The first-order chi connectivity index (χ1) is 8.67. The molecule has 1 heterocycles. The van der Waals surface area contributed by atoms with Crippen molar-refractivity contribution in [3.8, 4) is 11.5 Å². The van der Waals surface area contributed by atoms with Crippen LogP contribution in [0.2, 0.25) is 0 Å². The van der Waals surface area contributed by atoms with Gasteiger partial charge < -0.3 is 19.5 Å². The fraction of sp³-hybridized carbons (Fsp3) is 0.538. The molecular weight excluding hydrogens is 298 g/mol. The molecule has 5 heteroatoms. The lowest BCUT2D eigenvalue weighted by Crippen LogP contribution is -2.36. The molecule has 1 aromatic carbocycles. The van der Waals surface area contributed by atoms with Crippen LogP contribution in [0.15, 0.2) is 22.7 Å². The molecule has 1 aromatic rings. The Balaban J connectivity index is 0.000000199. The minimum absolute atomic E-state index is 0.425. The van der Waals surface area contributed by atoms with Gasteiger partial charge >= 0.3 is 0 Å². The Morgan fingerprint density at radius 2 is 2.00 bits per heavy atom. The molecule has 0 bridgehead atoms. The standard InChI is InChI=1S/C8H9BrO2.C5H11NO/c1-10-7-4-3-6(9)5-8(7)11-2;1-5-4-6-2-3-7-5/h3-5H,1-2H3;5-6H,2-4H2,1H3. The Morgan fingerprint density at radius 1 is 1.28 bits per heavy atom. The van der Waals surface area contributed by atoms with Gasteiger partial charge in [-0.3, -0.25) is 0 Å². The van der Waals surface area contributed by atoms with Gasteiger partial charge in [-0.1, -0.05) is 15.9 Å². The molecular formula is C13H20BrNO3.